The maximum absolute atomic E-state index is 8.88. The van der Waals surface area contributed by atoms with Crippen molar-refractivity contribution in [3.8, 4) is 6.07 Å². The molecule has 0 amide bonds. The molecule has 2 rings (SSSR count). The highest BCUT2D eigenvalue weighted by atomic mass is 79.9. The first-order valence-corrected chi connectivity index (χ1v) is 6.66. The van der Waals surface area contributed by atoms with Gasteiger partial charge in [-0.25, -0.2) is 4.98 Å². The van der Waals surface area contributed by atoms with Crippen LogP contribution in [0, 0.1) is 11.3 Å². The molecule has 0 aliphatic carbocycles. The summed E-state index contributed by atoms with van der Waals surface area (Å²) in [7, 11) is 0. The van der Waals surface area contributed by atoms with Crippen LogP contribution in [0.15, 0.2) is 50.9 Å². The monoisotopic (exact) mass is 324 g/mol. The van der Waals surface area contributed by atoms with Crippen molar-refractivity contribution in [3.05, 3.63) is 51.6 Å². The number of halogens is 2. The Bertz CT molecular complexity index is 578. The van der Waals surface area contributed by atoms with Crippen molar-refractivity contribution < 1.29 is 0 Å². The number of hydrogen-bond acceptors (Lipinski definition) is 3. The Morgan fingerprint density at radius 3 is 2.76 bits per heavy atom. The highest BCUT2D eigenvalue weighted by Crippen LogP contribution is 2.29. The molecule has 0 aliphatic heterocycles. The topological polar surface area (TPSA) is 36.7 Å². The summed E-state index contributed by atoms with van der Waals surface area (Å²) in [6.45, 7) is 0. The molecular weight excluding hydrogens is 320 g/mol. The van der Waals surface area contributed by atoms with Gasteiger partial charge in [0, 0.05) is 15.6 Å². The summed E-state index contributed by atoms with van der Waals surface area (Å²) < 4.78 is 0.882. The zero-order valence-corrected chi connectivity index (χ0v) is 11.7. The van der Waals surface area contributed by atoms with Crippen molar-refractivity contribution in [1.29, 1.82) is 5.26 Å². The van der Waals surface area contributed by atoms with Crippen LogP contribution in [0.5, 0.6) is 0 Å². The first-order valence-electron chi connectivity index (χ1n) is 4.67. The Hall–Kier alpha value is -1.02. The Morgan fingerprint density at radius 1 is 1.29 bits per heavy atom. The van der Waals surface area contributed by atoms with Crippen LogP contribution in [0.3, 0.4) is 0 Å². The molecule has 0 spiro atoms. The van der Waals surface area contributed by atoms with Gasteiger partial charge in [0.25, 0.3) is 0 Å². The van der Waals surface area contributed by atoms with E-state index in [1.54, 1.807) is 18.3 Å². The minimum absolute atomic E-state index is 0.612. The second-order valence-electron chi connectivity index (χ2n) is 3.20. The molecule has 0 saturated carbocycles. The van der Waals surface area contributed by atoms with Crippen LogP contribution in [0.1, 0.15) is 5.56 Å². The SMILES string of the molecule is N#Cc1cc(Br)cc(Sc2ccc(Cl)cn2)c1. The Kier molecular flexibility index (Phi) is 4.06. The number of nitrogens with zero attached hydrogens (tertiary/aromatic N) is 2. The second kappa shape index (κ2) is 5.54. The van der Waals surface area contributed by atoms with E-state index < -0.39 is 0 Å². The van der Waals surface area contributed by atoms with Crippen LogP contribution in [-0.4, -0.2) is 4.98 Å². The smallest absolute Gasteiger partial charge is 0.101 e. The van der Waals surface area contributed by atoms with Gasteiger partial charge in [0.2, 0.25) is 0 Å². The van der Waals surface area contributed by atoms with Crippen molar-refractivity contribution >= 4 is 39.3 Å². The first-order chi connectivity index (χ1) is 8.17. The molecule has 0 unspecified atom stereocenters. The molecule has 0 fully saturated rings. The molecular formula is C12H6BrClN2S. The van der Waals surface area contributed by atoms with Crippen LogP contribution in [0.2, 0.25) is 5.02 Å². The molecule has 1 heterocycles. The molecule has 0 aliphatic rings. The van der Waals surface area contributed by atoms with E-state index in [1.807, 2.05) is 18.2 Å². The summed E-state index contributed by atoms with van der Waals surface area (Å²) in [4.78, 5) is 5.16. The fraction of sp³-hybridized carbons (Fsp3) is 0. The number of nitriles is 1. The number of rotatable bonds is 2. The van der Waals surface area contributed by atoms with Crippen molar-refractivity contribution in [2.75, 3.05) is 0 Å². The number of aromatic nitrogens is 1. The van der Waals surface area contributed by atoms with Crippen molar-refractivity contribution in [3.63, 3.8) is 0 Å². The van der Waals surface area contributed by atoms with E-state index in [2.05, 4.69) is 27.0 Å². The lowest BCUT2D eigenvalue weighted by Crippen LogP contribution is -1.81. The molecule has 0 radical (unpaired) electrons. The van der Waals surface area contributed by atoms with E-state index in [1.165, 1.54) is 11.8 Å². The fourth-order valence-electron chi connectivity index (χ4n) is 1.23. The minimum atomic E-state index is 0.612. The molecule has 84 valence electrons. The largest absolute Gasteiger partial charge is 0.248 e. The van der Waals surface area contributed by atoms with Crippen molar-refractivity contribution in [2.45, 2.75) is 9.92 Å². The highest BCUT2D eigenvalue weighted by molar-refractivity contribution is 9.10. The van der Waals surface area contributed by atoms with Gasteiger partial charge in [-0.05, 0) is 30.3 Å². The molecule has 0 N–H and O–H groups in total. The summed E-state index contributed by atoms with van der Waals surface area (Å²) >= 11 is 10.6. The zero-order valence-electron chi connectivity index (χ0n) is 8.52. The summed E-state index contributed by atoms with van der Waals surface area (Å²) in [6, 6.07) is 11.3. The normalized spacial score (nSPS) is 9.94. The van der Waals surface area contributed by atoms with Crippen molar-refractivity contribution in [1.82, 2.24) is 4.98 Å². The predicted octanol–water partition coefficient (Wildman–Crippen LogP) is 4.52. The third-order valence-electron chi connectivity index (χ3n) is 1.92. The average Bonchev–Trinajstić information content (AvgIpc) is 2.31. The first kappa shape index (κ1) is 12.4. The van der Waals surface area contributed by atoms with Crippen LogP contribution in [-0.2, 0) is 0 Å². The van der Waals surface area contributed by atoms with Gasteiger partial charge in [0.15, 0.2) is 0 Å². The van der Waals surface area contributed by atoms with Gasteiger partial charge < -0.3 is 0 Å². The summed E-state index contributed by atoms with van der Waals surface area (Å²) in [6.07, 6.45) is 1.60. The molecule has 0 bridgehead atoms. The van der Waals surface area contributed by atoms with Gasteiger partial charge in [-0.3, -0.25) is 0 Å². The Labute approximate surface area is 117 Å². The van der Waals surface area contributed by atoms with Crippen LogP contribution in [0.25, 0.3) is 0 Å². The quantitative estimate of drug-likeness (QED) is 0.814. The summed E-state index contributed by atoms with van der Waals surface area (Å²) in [5.74, 6) is 0. The lowest BCUT2D eigenvalue weighted by atomic mass is 10.2. The third kappa shape index (κ3) is 3.47. The number of hydrogen-bond donors (Lipinski definition) is 0. The molecule has 1 aromatic carbocycles. The van der Waals surface area contributed by atoms with E-state index in [9.17, 15) is 0 Å². The van der Waals surface area contributed by atoms with Crippen LogP contribution in [0.4, 0.5) is 0 Å². The predicted molar refractivity (Wildman–Crippen MR) is 72.2 cm³/mol. The van der Waals surface area contributed by atoms with Crippen molar-refractivity contribution in [2.24, 2.45) is 0 Å². The molecule has 0 saturated heterocycles. The van der Waals surface area contributed by atoms with E-state index >= 15 is 0 Å². The van der Waals surface area contributed by atoms with E-state index in [0.717, 1.165) is 14.4 Å². The molecule has 2 nitrogen and oxygen atoms in total. The fourth-order valence-corrected chi connectivity index (χ4v) is 2.84. The van der Waals surface area contributed by atoms with E-state index in [-0.39, 0.29) is 0 Å². The average molecular weight is 326 g/mol. The van der Waals surface area contributed by atoms with E-state index in [4.69, 9.17) is 16.9 Å². The Morgan fingerprint density at radius 2 is 2.12 bits per heavy atom. The molecule has 5 heteroatoms. The maximum atomic E-state index is 8.88. The number of benzene rings is 1. The maximum Gasteiger partial charge on any atom is 0.101 e. The third-order valence-corrected chi connectivity index (χ3v) is 3.53. The van der Waals surface area contributed by atoms with Gasteiger partial charge in [0.05, 0.1) is 16.7 Å². The molecule has 17 heavy (non-hydrogen) atoms. The molecule has 0 atom stereocenters. The van der Waals surface area contributed by atoms with E-state index in [0.29, 0.717) is 10.6 Å². The van der Waals surface area contributed by atoms with Gasteiger partial charge in [-0.2, -0.15) is 5.26 Å². The second-order valence-corrected chi connectivity index (χ2v) is 5.65. The van der Waals surface area contributed by atoms with Gasteiger partial charge in [0.1, 0.15) is 5.03 Å². The summed E-state index contributed by atoms with van der Waals surface area (Å²) in [5.41, 5.74) is 0.621. The van der Waals surface area contributed by atoms with Crippen LogP contribution >= 0.6 is 39.3 Å². The lowest BCUT2D eigenvalue weighted by Gasteiger charge is -2.02. The zero-order chi connectivity index (χ0) is 12.3. The Balaban J connectivity index is 2.27. The number of pyridine rings is 1. The minimum Gasteiger partial charge on any atom is -0.248 e. The van der Waals surface area contributed by atoms with Gasteiger partial charge in [-0.15, -0.1) is 0 Å². The van der Waals surface area contributed by atoms with Crippen LogP contribution < -0.4 is 0 Å². The molecule has 2 aromatic rings. The van der Waals surface area contributed by atoms with Gasteiger partial charge >= 0.3 is 0 Å². The highest BCUT2D eigenvalue weighted by Gasteiger charge is 2.02. The van der Waals surface area contributed by atoms with Gasteiger partial charge in [-0.1, -0.05) is 39.3 Å². The lowest BCUT2D eigenvalue weighted by molar-refractivity contribution is 1.13. The summed E-state index contributed by atoms with van der Waals surface area (Å²) in [5, 5.41) is 10.3. The standard InChI is InChI=1S/C12H6BrClN2S/c13-9-3-8(6-15)4-11(5-9)17-12-2-1-10(14)7-16-12/h1-5,7H. The molecule has 1 aromatic heterocycles.